The predicted molar refractivity (Wildman–Crippen MR) is 137 cm³/mol. The van der Waals surface area contributed by atoms with Crippen molar-refractivity contribution in [3.63, 3.8) is 0 Å². The third-order valence-corrected chi connectivity index (χ3v) is 6.77. The smallest absolute Gasteiger partial charge is 0.149 e. The Kier molecular flexibility index (Phi) is 7.10. The molecule has 1 N–H and O–H groups in total. The van der Waals surface area contributed by atoms with E-state index in [2.05, 4.69) is 22.0 Å². The Morgan fingerprint density at radius 3 is 2.56 bits per heavy atom. The number of hydrogen-bond acceptors (Lipinski definition) is 4. The van der Waals surface area contributed by atoms with Crippen molar-refractivity contribution in [2.75, 3.05) is 13.1 Å². The molecule has 0 radical (unpaired) electrons. The monoisotopic (exact) mass is 472 g/mol. The van der Waals surface area contributed by atoms with Crippen LogP contribution in [0.4, 0.5) is 0 Å². The lowest BCUT2D eigenvalue weighted by Crippen LogP contribution is -2.18. The van der Waals surface area contributed by atoms with Crippen LogP contribution in [-0.2, 0) is 19.6 Å². The van der Waals surface area contributed by atoms with Gasteiger partial charge in [-0.05, 0) is 60.8 Å². The number of pyridine rings is 1. The summed E-state index contributed by atoms with van der Waals surface area (Å²) in [5.74, 6) is 0.677. The topological polar surface area (TPSA) is 45.6 Å². The van der Waals surface area contributed by atoms with Gasteiger partial charge < -0.3 is 9.84 Å². The molecule has 1 aliphatic rings. The first-order chi connectivity index (χ1) is 16.7. The fourth-order valence-corrected chi connectivity index (χ4v) is 4.98. The summed E-state index contributed by atoms with van der Waals surface area (Å²) in [6.07, 6.45) is 4.00. The quantitative estimate of drug-likeness (QED) is 0.325. The largest absolute Gasteiger partial charge is 0.486 e. The Hall–Kier alpha value is -2.92. The van der Waals surface area contributed by atoms with E-state index in [1.54, 1.807) is 6.20 Å². The van der Waals surface area contributed by atoms with Crippen molar-refractivity contribution in [1.82, 2.24) is 9.88 Å². The molecule has 5 rings (SSSR count). The van der Waals surface area contributed by atoms with Gasteiger partial charge in [-0.3, -0.25) is 9.88 Å². The lowest BCUT2D eigenvalue weighted by atomic mass is 9.98. The van der Waals surface area contributed by atoms with Crippen molar-refractivity contribution in [2.45, 2.75) is 38.5 Å². The zero-order valence-corrected chi connectivity index (χ0v) is 19.9. The van der Waals surface area contributed by atoms with Crippen LogP contribution in [0.15, 0.2) is 79.0 Å². The van der Waals surface area contributed by atoms with Gasteiger partial charge in [0, 0.05) is 30.1 Å². The molecule has 4 nitrogen and oxygen atoms in total. The summed E-state index contributed by atoms with van der Waals surface area (Å²) in [4.78, 5) is 7.04. The standard InChI is InChI=1S/C29H29ClN2O2/c30-26-17-24(18-27(33)23-11-6-10-22(16-23)19-32-14-4-5-15-32)29(28-25(26)12-7-13-31-28)34-20-21-8-2-1-3-9-21/h1-3,6-13,16-17,27,33H,4-5,14-15,18-20H2. The highest BCUT2D eigenvalue weighted by Crippen LogP contribution is 2.36. The maximum atomic E-state index is 11.2. The van der Waals surface area contributed by atoms with Crippen molar-refractivity contribution in [2.24, 2.45) is 0 Å². The molecule has 0 bridgehead atoms. The number of ether oxygens (including phenoxy) is 1. The summed E-state index contributed by atoms with van der Waals surface area (Å²) in [7, 11) is 0. The zero-order valence-electron chi connectivity index (χ0n) is 19.2. The Morgan fingerprint density at radius 2 is 1.74 bits per heavy atom. The normalized spacial score (nSPS) is 15.0. The van der Waals surface area contributed by atoms with Gasteiger partial charge in [-0.25, -0.2) is 0 Å². The number of aromatic nitrogens is 1. The summed E-state index contributed by atoms with van der Waals surface area (Å²) in [6.45, 7) is 3.65. The van der Waals surface area contributed by atoms with Gasteiger partial charge >= 0.3 is 0 Å². The van der Waals surface area contributed by atoms with Crippen molar-refractivity contribution in [3.05, 3.63) is 106 Å². The van der Waals surface area contributed by atoms with E-state index in [9.17, 15) is 5.11 Å². The van der Waals surface area contributed by atoms with Crippen LogP contribution >= 0.6 is 11.6 Å². The van der Waals surface area contributed by atoms with Crippen molar-refractivity contribution in [1.29, 1.82) is 0 Å². The number of benzene rings is 3. The molecule has 1 fully saturated rings. The number of rotatable bonds is 8. The third kappa shape index (κ3) is 5.25. The summed E-state index contributed by atoms with van der Waals surface area (Å²) in [5, 5.41) is 12.7. The molecule has 34 heavy (non-hydrogen) atoms. The van der Waals surface area contributed by atoms with Gasteiger partial charge in [-0.15, -0.1) is 0 Å². The van der Waals surface area contributed by atoms with Gasteiger partial charge in [0.05, 0.1) is 11.1 Å². The Morgan fingerprint density at radius 1 is 0.941 bits per heavy atom. The number of hydrogen-bond donors (Lipinski definition) is 1. The SMILES string of the molecule is OC(Cc1cc(Cl)c2cccnc2c1OCc1ccccc1)c1cccc(CN2CCCC2)c1. The number of aliphatic hydroxyl groups is 1. The van der Waals surface area contributed by atoms with Crippen LogP contribution in [0.1, 0.15) is 41.2 Å². The molecule has 1 aromatic heterocycles. The number of likely N-dealkylation sites (tertiary alicyclic amines) is 1. The molecular weight excluding hydrogens is 444 g/mol. The molecule has 174 valence electrons. The number of halogens is 1. The maximum absolute atomic E-state index is 11.2. The van der Waals surface area contributed by atoms with E-state index in [1.165, 1.54) is 18.4 Å². The summed E-state index contributed by atoms with van der Waals surface area (Å²) in [6, 6.07) is 24.1. The first-order valence-corrected chi connectivity index (χ1v) is 12.3. The van der Waals surface area contributed by atoms with E-state index in [-0.39, 0.29) is 0 Å². The summed E-state index contributed by atoms with van der Waals surface area (Å²) >= 11 is 6.62. The van der Waals surface area contributed by atoms with Gasteiger partial charge in [0.15, 0.2) is 0 Å². The highest BCUT2D eigenvalue weighted by Gasteiger charge is 2.19. The van der Waals surface area contributed by atoms with E-state index in [0.717, 1.165) is 47.2 Å². The molecule has 0 spiro atoms. The molecule has 1 unspecified atom stereocenters. The third-order valence-electron chi connectivity index (χ3n) is 6.45. The minimum Gasteiger partial charge on any atom is -0.486 e. The highest BCUT2D eigenvalue weighted by atomic mass is 35.5. The average molecular weight is 473 g/mol. The average Bonchev–Trinajstić information content (AvgIpc) is 3.38. The maximum Gasteiger partial charge on any atom is 0.149 e. The fourth-order valence-electron chi connectivity index (χ4n) is 4.69. The van der Waals surface area contributed by atoms with Crippen LogP contribution in [0.5, 0.6) is 5.75 Å². The highest BCUT2D eigenvalue weighted by molar-refractivity contribution is 6.35. The Labute approximate surface area is 205 Å². The van der Waals surface area contributed by atoms with Gasteiger partial charge in [-0.2, -0.15) is 0 Å². The van der Waals surface area contributed by atoms with Gasteiger partial charge in [0.2, 0.25) is 0 Å². The first-order valence-electron chi connectivity index (χ1n) is 11.9. The van der Waals surface area contributed by atoms with Crippen LogP contribution in [0.25, 0.3) is 10.9 Å². The van der Waals surface area contributed by atoms with Crippen LogP contribution in [0.2, 0.25) is 5.02 Å². The molecule has 1 saturated heterocycles. The number of nitrogens with zero attached hydrogens (tertiary/aromatic N) is 2. The second-order valence-corrected chi connectivity index (χ2v) is 9.38. The fraction of sp³-hybridized carbons (Fsp3) is 0.276. The second kappa shape index (κ2) is 10.6. The molecule has 4 aromatic rings. The van der Waals surface area contributed by atoms with Crippen LogP contribution < -0.4 is 4.74 Å². The van der Waals surface area contributed by atoms with Crippen LogP contribution in [0, 0.1) is 0 Å². The number of aliphatic hydroxyl groups excluding tert-OH is 1. The molecule has 2 heterocycles. The van der Waals surface area contributed by atoms with Crippen molar-refractivity contribution < 1.29 is 9.84 Å². The van der Waals surface area contributed by atoms with Crippen molar-refractivity contribution in [3.8, 4) is 5.75 Å². The molecule has 5 heteroatoms. The summed E-state index contributed by atoms with van der Waals surface area (Å²) < 4.78 is 6.30. The van der Waals surface area contributed by atoms with Crippen molar-refractivity contribution >= 4 is 22.5 Å². The lowest BCUT2D eigenvalue weighted by molar-refractivity contribution is 0.176. The summed E-state index contributed by atoms with van der Waals surface area (Å²) in [5.41, 5.74) is 4.78. The Bertz CT molecular complexity index is 1260. The molecule has 3 aromatic carbocycles. The second-order valence-electron chi connectivity index (χ2n) is 8.97. The molecule has 0 aliphatic carbocycles. The predicted octanol–water partition coefficient (Wildman–Crippen LogP) is 6.34. The lowest BCUT2D eigenvalue weighted by Gasteiger charge is -2.19. The van der Waals surface area contributed by atoms with Crippen LogP contribution in [-0.4, -0.2) is 28.1 Å². The van der Waals surface area contributed by atoms with Crippen LogP contribution in [0.3, 0.4) is 0 Å². The van der Waals surface area contributed by atoms with Gasteiger partial charge in [0.25, 0.3) is 0 Å². The van der Waals surface area contributed by atoms with E-state index in [4.69, 9.17) is 16.3 Å². The van der Waals surface area contributed by atoms with E-state index < -0.39 is 6.10 Å². The van der Waals surface area contributed by atoms with Gasteiger partial charge in [-0.1, -0.05) is 66.2 Å². The van der Waals surface area contributed by atoms with E-state index in [0.29, 0.717) is 23.8 Å². The first kappa shape index (κ1) is 22.9. The molecule has 0 amide bonds. The Balaban J connectivity index is 1.42. The van der Waals surface area contributed by atoms with E-state index in [1.807, 2.05) is 60.7 Å². The van der Waals surface area contributed by atoms with E-state index >= 15 is 0 Å². The molecule has 1 aliphatic heterocycles. The molecule has 0 saturated carbocycles. The minimum absolute atomic E-state index is 0.392. The molecular formula is C29H29ClN2O2. The zero-order chi connectivity index (χ0) is 23.3. The van der Waals surface area contributed by atoms with Gasteiger partial charge in [0.1, 0.15) is 17.9 Å². The minimum atomic E-state index is -0.671. The number of fused-ring (bicyclic) bond motifs is 1. The molecule has 1 atom stereocenters.